The van der Waals surface area contributed by atoms with E-state index in [2.05, 4.69) is 14.7 Å². The molecule has 4 nitrogen and oxygen atoms in total. The van der Waals surface area contributed by atoms with Crippen LogP contribution in [0.1, 0.15) is 34.0 Å². The number of amides is 1. The molecule has 1 aromatic carbocycles. The Morgan fingerprint density at radius 2 is 2.04 bits per heavy atom. The fourth-order valence-corrected chi connectivity index (χ4v) is 3.52. The molecule has 0 aliphatic rings. The highest BCUT2D eigenvalue weighted by Gasteiger charge is 2.30. The molecule has 0 radical (unpaired) electrons. The van der Waals surface area contributed by atoms with Crippen LogP contribution in [0, 0.1) is 0 Å². The van der Waals surface area contributed by atoms with Crippen molar-refractivity contribution in [1.29, 1.82) is 0 Å². The monoisotopic (exact) mass is 383 g/mol. The molecule has 1 N–H and O–H groups in total. The average molecular weight is 383 g/mol. The van der Waals surface area contributed by atoms with Crippen molar-refractivity contribution in [3.8, 4) is 10.6 Å². The van der Waals surface area contributed by atoms with Crippen LogP contribution in [0.25, 0.3) is 10.6 Å². The fraction of sp³-hybridized carbons (Fsp3) is 0.188. The van der Waals surface area contributed by atoms with Crippen molar-refractivity contribution in [2.24, 2.45) is 0 Å². The summed E-state index contributed by atoms with van der Waals surface area (Å²) in [6, 6.07) is 8.38. The first-order valence-corrected chi connectivity index (χ1v) is 8.85. The number of hydrogen-bond acceptors (Lipinski definition) is 5. The van der Waals surface area contributed by atoms with Gasteiger partial charge in [-0.25, -0.2) is 4.98 Å². The molecule has 2 heterocycles. The molecule has 0 saturated carbocycles. The zero-order valence-electron chi connectivity index (χ0n) is 12.9. The van der Waals surface area contributed by atoms with Gasteiger partial charge in [0.15, 0.2) is 0 Å². The van der Waals surface area contributed by atoms with Gasteiger partial charge in [0.25, 0.3) is 5.91 Å². The second-order valence-electron chi connectivity index (χ2n) is 5.21. The number of alkyl halides is 3. The minimum absolute atomic E-state index is 0.0548. The molecule has 2 aromatic heterocycles. The normalized spacial score (nSPS) is 12.8. The summed E-state index contributed by atoms with van der Waals surface area (Å²) in [5.41, 5.74) is -0.491. The third-order valence-electron chi connectivity index (χ3n) is 3.38. The van der Waals surface area contributed by atoms with Crippen molar-refractivity contribution >= 4 is 28.8 Å². The van der Waals surface area contributed by atoms with Gasteiger partial charge in [-0.1, -0.05) is 18.2 Å². The lowest BCUT2D eigenvalue weighted by Crippen LogP contribution is -2.27. The SMILES string of the molecule is C[C@@H](NC(=O)c1nsc(-c2cccc(C(F)(F)F)c2)n1)c1cccs1. The fourth-order valence-electron chi connectivity index (χ4n) is 2.13. The third-order valence-corrected chi connectivity index (χ3v) is 5.20. The maximum Gasteiger partial charge on any atom is 0.416 e. The van der Waals surface area contributed by atoms with Crippen LogP contribution in [0.3, 0.4) is 0 Å². The number of halogens is 3. The van der Waals surface area contributed by atoms with E-state index in [4.69, 9.17) is 0 Å². The number of hydrogen-bond donors (Lipinski definition) is 1. The first kappa shape index (κ1) is 17.6. The van der Waals surface area contributed by atoms with E-state index in [9.17, 15) is 18.0 Å². The topological polar surface area (TPSA) is 54.9 Å². The summed E-state index contributed by atoms with van der Waals surface area (Å²) in [6.07, 6.45) is -4.43. The van der Waals surface area contributed by atoms with Crippen LogP contribution in [0.5, 0.6) is 0 Å². The van der Waals surface area contributed by atoms with Crippen molar-refractivity contribution in [2.75, 3.05) is 0 Å². The summed E-state index contributed by atoms with van der Waals surface area (Å²) in [4.78, 5) is 17.3. The summed E-state index contributed by atoms with van der Waals surface area (Å²) < 4.78 is 42.4. The Bertz CT molecular complexity index is 875. The van der Waals surface area contributed by atoms with Crippen LogP contribution in [0.15, 0.2) is 41.8 Å². The standard InChI is InChI=1S/C16H12F3N3OS2/c1-9(12-6-3-7-24-12)20-14(23)13-21-15(25-22-13)10-4-2-5-11(8-10)16(17,18)19/h2-9H,1H3,(H,20,23)/t9-/m1/s1. The van der Waals surface area contributed by atoms with Crippen LogP contribution >= 0.6 is 22.9 Å². The van der Waals surface area contributed by atoms with Crippen LogP contribution in [-0.4, -0.2) is 15.3 Å². The molecule has 0 saturated heterocycles. The highest BCUT2D eigenvalue weighted by molar-refractivity contribution is 7.10. The Kier molecular flexibility index (Phi) is 4.87. The summed E-state index contributed by atoms with van der Waals surface area (Å²) in [6.45, 7) is 1.84. The van der Waals surface area contributed by atoms with Gasteiger partial charge in [0.05, 0.1) is 11.6 Å². The van der Waals surface area contributed by atoms with Gasteiger partial charge in [0.1, 0.15) is 5.01 Å². The molecule has 0 spiro atoms. The molecule has 3 rings (SSSR count). The summed E-state index contributed by atoms with van der Waals surface area (Å²) in [5.74, 6) is -0.517. The minimum atomic E-state index is -4.43. The molecule has 0 fully saturated rings. The van der Waals surface area contributed by atoms with Crippen LogP contribution in [0.4, 0.5) is 13.2 Å². The van der Waals surface area contributed by atoms with E-state index in [0.717, 1.165) is 28.5 Å². The van der Waals surface area contributed by atoms with E-state index in [0.29, 0.717) is 0 Å². The largest absolute Gasteiger partial charge is 0.416 e. The second-order valence-corrected chi connectivity index (χ2v) is 6.94. The second kappa shape index (κ2) is 6.93. The molecule has 25 heavy (non-hydrogen) atoms. The van der Waals surface area contributed by atoms with Gasteiger partial charge in [-0.2, -0.15) is 17.5 Å². The Morgan fingerprint density at radius 3 is 2.72 bits per heavy atom. The zero-order valence-corrected chi connectivity index (χ0v) is 14.5. The van der Waals surface area contributed by atoms with E-state index < -0.39 is 17.6 Å². The molecule has 1 amide bonds. The Morgan fingerprint density at radius 1 is 1.24 bits per heavy atom. The number of nitrogens with one attached hydrogen (secondary N) is 1. The number of benzene rings is 1. The van der Waals surface area contributed by atoms with Crippen molar-refractivity contribution in [1.82, 2.24) is 14.7 Å². The summed E-state index contributed by atoms with van der Waals surface area (Å²) >= 11 is 2.40. The summed E-state index contributed by atoms with van der Waals surface area (Å²) in [7, 11) is 0. The molecule has 3 aromatic rings. The third kappa shape index (κ3) is 4.05. The highest BCUT2D eigenvalue weighted by Crippen LogP contribution is 2.32. The maximum atomic E-state index is 12.8. The lowest BCUT2D eigenvalue weighted by molar-refractivity contribution is -0.137. The van der Waals surface area contributed by atoms with Crippen molar-refractivity contribution in [3.05, 3.63) is 58.0 Å². The van der Waals surface area contributed by atoms with Crippen molar-refractivity contribution in [2.45, 2.75) is 19.1 Å². The van der Waals surface area contributed by atoms with Gasteiger partial charge in [-0.3, -0.25) is 4.79 Å². The van der Waals surface area contributed by atoms with Gasteiger partial charge < -0.3 is 5.32 Å². The molecule has 0 aliphatic heterocycles. The average Bonchev–Trinajstić information content (AvgIpc) is 3.26. The number of carbonyl (C=O) groups is 1. The lowest BCUT2D eigenvalue weighted by Gasteiger charge is -2.10. The Labute approximate surface area is 149 Å². The van der Waals surface area contributed by atoms with Gasteiger partial charge in [0, 0.05) is 10.4 Å². The van der Waals surface area contributed by atoms with E-state index >= 15 is 0 Å². The van der Waals surface area contributed by atoms with Crippen molar-refractivity contribution < 1.29 is 18.0 Å². The smallest absolute Gasteiger partial charge is 0.342 e. The van der Waals surface area contributed by atoms with Gasteiger partial charge >= 0.3 is 6.18 Å². The quantitative estimate of drug-likeness (QED) is 0.706. The van der Waals surface area contributed by atoms with E-state index in [1.165, 1.54) is 23.5 Å². The molecular weight excluding hydrogens is 371 g/mol. The number of thiophene rings is 1. The number of nitrogens with zero attached hydrogens (tertiary/aromatic N) is 2. The Balaban J connectivity index is 1.77. The number of aromatic nitrogens is 2. The molecule has 1 atom stereocenters. The zero-order chi connectivity index (χ0) is 18.0. The molecule has 0 unspecified atom stereocenters. The maximum absolute atomic E-state index is 12.8. The predicted molar refractivity (Wildman–Crippen MR) is 90.5 cm³/mol. The van der Waals surface area contributed by atoms with Gasteiger partial charge in [0.2, 0.25) is 5.82 Å². The summed E-state index contributed by atoms with van der Waals surface area (Å²) in [5, 5.41) is 4.94. The van der Waals surface area contributed by atoms with E-state index in [-0.39, 0.29) is 22.4 Å². The molecule has 0 aliphatic carbocycles. The van der Waals surface area contributed by atoms with Gasteiger partial charge in [-0.05, 0) is 42.0 Å². The van der Waals surface area contributed by atoms with E-state index in [1.54, 1.807) is 0 Å². The molecule has 130 valence electrons. The lowest BCUT2D eigenvalue weighted by atomic mass is 10.1. The van der Waals surface area contributed by atoms with E-state index in [1.807, 2.05) is 24.4 Å². The first-order valence-electron chi connectivity index (χ1n) is 7.20. The van der Waals surface area contributed by atoms with Crippen molar-refractivity contribution in [3.63, 3.8) is 0 Å². The van der Waals surface area contributed by atoms with Crippen LogP contribution < -0.4 is 5.32 Å². The molecule has 0 bridgehead atoms. The Hall–Kier alpha value is -2.26. The molecule has 9 heteroatoms. The predicted octanol–water partition coefficient (Wildman–Crippen LogP) is 4.78. The highest BCUT2D eigenvalue weighted by atomic mass is 32.1. The van der Waals surface area contributed by atoms with Crippen LogP contribution in [0.2, 0.25) is 0 Å². The van der Waals surface area contributed by atoms with Crippen LogP contribution in [-0.2, 0) is 6.18 Å². The van der Waals surface area contributed by atoms with Gasteiger partial charge in [-0.15, -0.1) is 11.3 Å². The minimum Gasteiger partial charge on any atom is -0.342 e. The number of rotatable bonds is 4. The first-order chi connectivity index (χ1) is 11.8. The number of carbonyl (C=O) groups excluding carboxylic acids is 1. The molecular formula is C16H12F3N3OS2.